The Morgan fingerprint density at radius 2 is 1.75 bits per heavy atom. The fraction of sp³-hybridized carbons (Fsp3) is 0.455. The lowest BCUT2D eigenvalue weighted by Crippen LogP contribution is -2.00. The van der Waals surface area contributed by atoms with Crippen LogP contribution in [-0.2, 0) is 0 Å². The van der Waals surface area contributed by atoms with Crippen LogP contribution in [0.15, 0.2) is 12.1 Å². The third-order valence-electron chi connectivity index (χ3n) is 1.99. The fourth-order valence-corrected chi connectivity index (χ4v) is 2.81. The predicted molar refractivity (Wildman–Crippen MR) is 87.0 cm³/mol. The van der Waals surface area contributed by atoms with E-state index in [1.807, 2.05) is 12.1 Å². The van der Waals surface area contributed by atoms with E-state index < -0.39 is 0 Å². The molecular formula is C11H13BrI2O2. The zero-order chi connectivity index (χ0) is 12.0. The molecule has 2 nitrogen and oxygen atoms in total. The molecule has 1 aromatic carbocycles. The molecule has 0 atom stereocenters. The lowest BCUT2D eigenvalue weighted by Gasteiger charge is -2.10. The molecule has 0 saturated carbocycles. The number of halogens is 3. The number of benzene rings is 1. The molecule has 0 fully saturated rings. The Kier molecular flexibility index (Phi) is 7.38. The minimum absolute atomic E-state index is 0.768. The molecule has 0 radical (unpaired) electrons. The smallest absolute Gasteiger partial charge is 0.133 e. The molecule has 0 aliphatic carbocycles. The van der Waals surface area contributed by atoms with Gasteiger partial charge in [0, 0.05) is 5.33 Å². The summed E-state index contributed by atoms with van der Waals surface area (Å²) in [5, 5.41) is 1.04. The first kappa shape index (κ1) is 14.8. The van der Waals surface area contributed by atoms with Gasteiger partial charge < -0.3 is 9.47 Å². The van der Waals surface area contributed by atoms with Gasteiger partial charge in [0.2, 0.25) is 0 Å². The van der Waals surface area contributed by atoms with Crippen LogP contribution in [0.3, 0.4) is 0 Å². The van der Waals surface area contributed by atoms with Crippen molar-refractivity contribution in [3.05, 3.63) is 19.3 Å². The first-order valence-corrected chi connectivity index (χ1v) is 8.18. The standard InChI is InChI=1S/C11H13BrI2O2/c1-15-10-6-9(14)11(7-8(10)13)16-5-3-2-4-12/h6-7H,2-5H2,1H3. The summed E-state index contributed by atoms with van der Waals surface area (Å²) in [6.07, 6.45) is 2.22. The van der Waals surface area contributed by atoms with E-state index in [9.17, 15) is 0 Å². The first-order valence-electron chi connectivity index (χ1n) is 4.91. The summed E-state index contributed by atoms with van der Waals surface area (Å²) < 4.78 is 13.2. The maximum Gasteiger partial charge on any atom is 0.133 e. The van der Waals surface area contributed by atoms with Crippen molar-refractivity contribution < 1.29 is 9.47 Å². The normalized spacial score (nSPS) is 10.2. The van der Waals surface area contributed by atoms with Gasteiger partial charge in [-0.05, 0) is 70.2 Å². The van der Waals surface area contributed by atoms with Gasteiger partial charge in [-0.1, -0.05) is 15.9 Å². The summed E-state index contributed by atoms with van der Waals surface area (Å²) in [4.78, 5) is 0. The lowest BCUT2D eigenvalue weighted by molar-refractivity contribution is 0.306. The van der Waals surface area contributed by atoms with E-state index in [0.717, 1.165) is 43.4 Å². The van der Waals surface area contributed by atoms with Crippen molar-refractivity contribution in [3.63, 3.8) is 0 Å². The summed E-state index contributed by atoms with van der Waals surface area (Å²) >= 11 is 7.93. The Morgan fingerprint density at radius 1 is 1.12 bits per heavy atom. The average Bonchev–Trinajstić information content (AvgIpc) is 2.28. The Labute approximate surface area is 132 Å². The van der Waals surface area contributed by atoms with Crippen molar-refractivity contribution in [2.45, 2.75) is 12.8 Å². The lowest BCUT2D eigenvalue weighted by atomic mass is 10.3. The topological polar surface area (TPSA) is 18.5 Å². The van der Waals surface area contributed by atoms with Crippen LogP contribution in [0, 0.1) is 7.14 Å². The van der Waals surface area contributed by atoms with E-state index >= 15 is 0 Å². The Morgan fingerprint density at radius 3 is 2.38 bits per heavy atom. The molecule has 0 spiro atoms. The van der Waals surface area contributed by atoms with Gasteiger partial charge >= 0.3 is 0 Å². The monoisotopic (exact) mass is 510 g/mol. The summed E-state index contributed by atoms with van der Waals surface area (Å²) in [5.74, 6) is 1.85. The summed E-state index contributed by atoms with van der Waals surface area (Å²) in [6, 6.07) is 4.03. The van der Waals surface area contributed by atoms with E-state index in [-0.39, 0.29) is 0 Å². The van der Waals surface area contributed by atoms with Crippen molar-refractivity contribution in [1.29, 1.82) is 0 Å². The Balaban J connectivity index is 2.63. The number of methoxy groups -OCH3 is 1. The molecule has 1 rings (SSSR count). The van der Waals surface area contributed by atoms with Crippen molar-refractivity contribution in [2.75, 3.05) is 19.0 Å². The highest BCUT2D eigenvalue weighted by Crippen LogP contribution is 2.31. The molecule has 0 unspecified atom stereocenters. The quantitative estimate of drug-likeness (QED) is 0.320. The highest BCUT2D eigenvalue weighted by atomic mass is 127. The van der Waals surface area contributed by atoms with E-state index in [4.69, 9.17) is 9.47 Å². The molecule has 0 aromatic heterocycles. The minimum Gasteiger partial charge on any atom is -0.496 e. The van der Waals surface area contributed by atoms with Gasteiger partial charge in [0.05, 0.1) is 20.9 Å². The molecule has 1 aromatic rings. The zero-order valence-electron chi connectivity index (χ0n) is 8.93. The summed E-state index contributed by atoms with van der Waals surface area (Å²) in [7, 11) is 1.68. The number of unbranched alkanes of at least 4 members (excludes halogenated alkanes) is 1. The van der Waals surface area contributed by atoms with Crippen LogP contribution in [0.1, 0.15) is 12.8 Å². The highest BCUT2D eigenvalue weighted by molar-refractivity contribution is 14.1. The van der Waals surface area contributed by atoms with Crippen LogP contribution in [-0.4, -0.2) is 19.0 Å². The molecule has 0 saturated heterocycles. The second-order valence-corrected chi connectivity index (χ2v) is 6.28. The third kappa shape index (κ3) is 4.56. The van der Waals surface area contributed by atoms with Crippen molar-refractivity contribution in [3.8, 4) is 11.5 Å². The molecule has 5 heteroatoms. The molecule has 90 valence electrons. The summed E-state index contributed by atoms with van der Waals surface area (Å²) in [5.41, 5.74) is 0. The molecule has 0 aliphatic heterocycles. The van der Waals surface area contributed by atoms with E-state index in [1.54, 1.807) is 7.11 Å². The molecule has 0 amide bonds. The van der Waals surface area contributed by atoms with Crippen LogP contribution >= 0.6 is 61.1 Å². The fourth-order valence-electron chi connectivity index (χ4n) is 1.16. The van der Waals surface area contributed by atoms with Gasteiger partial charge in [0.1, 0.15) is 11.5 Å². The van der Waals surface area contributed by atoms with Gasteiger partial charge in [0.15, 0.2) is 0 Å². The number of hydrogen-bond donors (Lipinski definition) is 0. The highest BCUT2D eigenvalue weighted by Gasteiger charge is 2.07. The number of rotatable bonds is 6. The SMILES string of the molecule is COc1cc(I)c(OCCCCBr)cc1I. The number of ether oxygens (including phenoxy) is 2. The Hall–Kier alpha value is 0.760. The molecule has 0 aliphatic rings. The molecule has 0 heterocycles. The van der Waals surface area contributed by atoms with E-state index in [2.05, 4.69) is 61.1 Å². The van der Waals surface area contributed by atoms with E-state index in [1.165, 1.54) is 0 Å². The van der Waals surface area contributed by atoms with Crippen molar-refractivity contribution >= 4 is 61.1 Å². The van der Waals surface area contributed by atoms with Gasteiger partial charge in [-0.15, -0.1) is 0 Å². The van der Waals surface area contributed by atoms with Crippen LogP contribution < -0.4 is 9.47 Å². The number of hydrogen-bond acceptors (Lipinski definition) is 2. The summed E-state index contributed by atoms with van der Waals surface area (Å²) in [6.45, 7) is 0.768. The second-order valence-electron chi connectivity index (χ2n) is 3.16. The van der Waals surface area contributed by atoms with E-state index in [0.29, 0.717) is 0 Å². The maximum atomic E-state index is 5.73. The van der Waals surface area contributed by atoms with Crippen molar-refractivity contribution in [1.82, 2.24) is 0 Å². The molecule has 0 bridgehead atoms. The molecule has 16 heavy (non-hydrogen) atoms. The van der Waals surface area contributed by atoms with Crippen LogP contribution in [0.4, 0.5) is 0 Å². The van der Waals surface area contributed by atoms with Crippen molar-refractivity contribution in [2.24, 2.45) is 0 Å². The number of alkyl halides is 1. The van der Waals surface area contributed by atoms with Crippen LogP contribution in [0.5, 0.6) is 11.5 Å². The first-order chi connectivity index (χ1) is 7.69. The van der Waals surface area contributed by atoms with Gasteiger partial charge in [-0.25, -0.2) is 0 Å². The minimum atomic E-state index is 0.768. The maximum absolute atomic E-state index is 5.73. The largest absolute Gasteiger partial charge is 0.496 e. The molecular weight excluding hydrogens is 498 g/mol. The Bertz CT molecular complexity index is 345. The second kappa shape index (κ2) is 7.97. The third-order valence-corrected chi connectivity index (χ3v) is 4.24. The van der Waals surface area contributed by atoms with Gasteiger partial charge in [-0.2, -0.15) is 0 Å². The predicted octanol–water partition coefficient (Wildman–Crippen LogP) is 4.46. The van der Waals surface area contributed by atoms with Gasteiger partial charge in [-0.3, -0.25) is 0 Å². The average molecular weight is 511 g/mol. The zero-order valence-corrected chi connectivity index (χ0v) is 14.8. The van der Waals surface area contributed by atoms with Gasteiger partial charge in [0.25, 0.3) is 0 Å². The molecule has 0 N–H and O–H groups in total. The van der Waals surface area contributed by atoms with Crippen LogP contribution in [0.2, 0.25) is 0 Å². The van der Waals surface area contributed by atoms with Crippen LogP contribution in [0.25, 0.3) is 0 Å².